The van der Waals surface area contributed by atoms with Crippen LogP contribution in [0.4, 0.5) is 5.69 Å². The first-order chi connectivity index (χ1) is 9.48. The van der Waals surface area contributed by atoms with E-state index < -0.39 is 5.60 Å². The maximum Gasteiger partial charge on any atom is 0.266 e. The summed E-state index contributed by atoms with van der Waals surface area (Å²) in [5.41, 5.74) is 5.88. The number of carbonyl (C=O) groups is 1. The van der Waals surface area contributed by atoms with Crippen LogP contribution in [0.5, 0.6) is 0 Å². The number of carbonyl (C=O) groups excluding carboxylic acids is 1. The number of aliphatic hydroxyl groups is 1. The summed E-state index contributed by atoms with van der Waals surface area (Å²) in [7, 11) is 0. The zero-order valence-corrected chi connectivity index (χ0v) is 12.2. The molecule has 0 aliphatic carbocycles. The molecule has 5 heteroatoms. The third kappa shape index (κ3) is 2.27. The number of rotatable bonds is 1. The molecule has 3 N–H and O–H groups in total. The van der Waals surface area contributed by atoms with E-state index in [1.807, 2.05) is 24.3 Å². The largest absolute Gasteiger partial charge is 0.397 e. The van der Waals surface area contributed by atoms with E-state index >= 15 is 0 Å². The molecule has 0 radical (unpaired) electrons. The molecule has 3 rings (SSSR count). The third-order valence-electron chi connectivity index (χ3n) is 3.79. The number of β-amino-alcohol motifs (C(OH)–C–C–N with tert-alkyl or cyclic N) is 1. The van der Waals surface area contributed by atoms with Gasteiger partial charge in [0, 0.05) is 23.2 Å². The minimum absolute atomic E-state index is 0.0660. The Labute approximate surface area is 121 Å². The second kappa shape index (κ2) is 4.75. The van der Waals surface area contributed by atoms with Gasteiger partial charge >= 0.3 is 0 Å². The predicted molar refractivity (Wildman–Crippen MR) is 82.0 cm³/mol. The molecule has 20 heavy (non-hydrogen) atoms. The first-order valence-corrected chi connectivity index (χ1v) is 7.58. The van der Waals surface area contributed by atoms with Gasteiger partial charge in [0.05, 0.1) is 11.3 Å². The Hall–Kier alpha value is -1.59. The van der Waals surface area contributed by atoms with Gasteiger partial charge in [0.25, 0.3) is 5.91 Å². The number of piperidine rings is 1. The molecule has 0 saturated carbocycles. The van der Waals surface area contributed by atoms with Crippen molar-refractivity contribution >= 4 is 33.0 Å². The fraction of sp³-hybridized carbons (Fsp3) is 0.400. The van der Waals surface area contributed by atoms with Gasteiger partial charge in [-0.25, -0.2) is 0 Å². The number of hydrogen-bond acceptors (Lipinski definition) is 4. The van der Waals surface area contributed by atoms with Gasteiger partial charge in [0.2, 0.25) is 0 Å². The second-order valence-electron chi connectivity index (χ2n) is 5.67. The number of nitrogens with two attached hydrogens (primary N) is 1. The van der Waals surface area contributed by atoms with Crippen LogP contribution in [-0.2, 0) is 0 Å². The second-order valence-corrected chi connectivity index (χ2v) is 6.72. The highest BCUT2D eigenvalue weighted by molar-refractivity contribution is 7.21. The Morgan fingerprint density at radius 1 is 1.45 bits per heavy atom. The SMILES string of the molecule is CC1(O)CCCN(C(=O)c2sc3ccccc3c2N)C1. The van der Waals surface area contributed by atoms with Gasteiger partial charge < -0.3 is 15.7 Å². The van der Waals surface area contributed by atoms with E-state index in [2.05, 4.69) is 0 Å². The molecule has 1 fully saturated rings. The van der Waals surface area contributed by atoms with Gasteiger partial charge in [-0.15, -0.1) is 11.3 Å². The molecule has 0 spiro atoms. The zero-order valence-electron chi connectivity index (χ0n) is 11.4. The van der Waals surface area contributed by atoms with Crippen LogP contribution in [0.3, 0.4) is 0 Å². The number of nitrogens with zero attached hydrogens (tertiary/aromatic N) is 1. The molecule has 2 heterocycles. The summed E-state index contributed by atoms with van der Waals surface area (Å²) < 4.78 is 1.03. The van der Waals surface area contributed by atoms with E-state index in [0.29, 0.717) is 23.7 Å². The lowest BCUT2D eigenvalue weighted by molar-refractivity contribution is -0.0105. The average molecular weight is 290 g/mol. The van der Waals surface area contributed by atoms with Gasteiger partial charge in [-0.3, -0.25) is 4.79 Å². The van der Waals surface area contributed by atoms with Crippen molar-refractivity contribution in [3.63, 3.8) is 0 Å². The summed E-state index contributed by atoms with van der Waals surface area (Å²) in [6.45, 7) is 2.84. The highest BCUT2D eigenvalue weighted by atomic mass is 32.1. The molecular weight excluding hydrogens is 272 g/mol. The van der Waals surface area contributed by atoms with Crippen LogP contribution in [-0.4, -0.2) is 34.6 Å². The van der Waals surface area contributed by atoms with Crippen LogP contribution in [0.1, 0.15) is 29.4 Å². The molecule has 4 nitrogen and oxygen atoms in total. The Morgan fingerprint density at radius 3 is 2.90 bits per heavy atom. The minimum Gasteiger partial charge on any atom is -0.397 e. The van der Waals surface area contributed by atoms with Gasteiger partial charge in [-0.05, 0) is 25.8 Å². The van der Waals surface area contributed by atoms with Crippen molar-refractivity contribution in [2.75, 3.05) is 18.8 Å². The summed E-state index contributed by atoms with van der Waals surface area (Å²) in [6, 6.07) is 7.77. The van der Waals surface area contributed by atoms with Crippen LogP contribution in [0.2, 0.25) is 0 Å². The number of nitrogen functional groups attached to an aromatic ring is 1. The van der Waals surface area contributed by atoms with E-state index in [1.54, 1.807) is 11.8 Å². The highest BCUT2D eigenvalue weighted by Gasteiger charge is 2.32. The van der Waals surface area contributed by atoms with Crippen molar-refractivity contribution < 1.29 is 9.90 Å². The summed E-state index contributed by atoms with van der Waals surface area (Å²) in [5.74, 6) is -0.0660. The van der Waals surface area contributed by atoms with Gasteiger partial charge in [0.15, 0.2) is 0 Å². The molecule has 1 amide bonds. The lowest BCUT2D eigenvalue weighted by Crippen LogP contribution is -2.48. The summed E-state index contributed by atoms with van der Waals surface area (Å²) >= 11 is 1.43. The van der Waals surface area contributed by atoms with Crippen molar-refractivity contribution in [2.45, 2.75) is 25.4 Å². The number of thiophene rings is 1. The van der Waals surface area contributed by atoms with Gasteiger partial charge in [-0.2, -0.15) is 0 Å². The van der Waals surface area contributed by atoms with Gasteiger partial charge in [-0.1, -0.05) is 18.2 Å². The average Bonchev–Trinajstić information content (AvgIpc) is 2.75. The van der Waals surface area contributed by atoms with Crippen LogP contribution >= 0.6 is 11.3 Å². The molecule has 1 saturated heterocycles. The number of benzene rings is 1. The number of fused-ring (bicyclic) bond motifs is 1. The standard InChI is InChI=1S/C15H18N2O2S/c1-15(19)7-4-8-17(9-15)14(18)13-12(16)10-5-2-3-6-11(10)20-13/h2-3,5-6,19H,4,7-9,16H2,1H3. The fourth-order valence-corrected chi connectivity index (χ4v) is 3.85. The number of amides is 1. The van der Waals surface area contributed by atoms with Crippen molar-refractivity contribution in [3.8, 4) is 0 Å². The first kappa shape index (κ1) is 13.4. The zero-order chi connectivity index (χ0) is 14.3. The molecule has 0 bridgehead atoms. The summed E-state index contributed by atoms with van der Waals surface area (Å²) in [6.07, 6.45) is 1.56. The first-order valence-electron chi connectivity index (χ1n) is 6.77. The summed E-state index contributed by atoms with van der Waals surface area (Å²) in [4.78, 5) is 14.9. The van der Waals surface area contributed by atoms with Gasteiger partial charge in [0.1, 0.15) is 4.88 Å². The van der Waals surface area contributed by atoms with E-state index in [1.165, 1.54) is 11.3 Å². The van der Waals surface area contributed by atoms with Crippen LogP contribution < -0.4 is 5.73 Å². The molecule has 1 aromatic carbocycles. The number of anilines is 1. The molecule has 1 atom stereocenters. The minimum atomic E-state index is -0.792. The quantitative estimate of drug-likeness (QED) is 0.848. The number of likely N-dealkylation sites (tertiary alicyclic amines) is 1. The lowest BCUT2D eigenvalue weighted by Gasteiger charge is -2.36. The van der Waals surface area contributed by atoms with Crippen molar-refractivity contribution in [1.82, 2.24) is 4.90 Å². The lowest BCUT2D eigenvalue weighted by atomic mass is 9.95. The molecule has 1 aliphatic rings. The van der Waals surface area contributed by atoms with Crippen LogP contribution in [0.15, 0.2) is 24.3 Å². The normalized spacial score (nSPS) is 23.2. The Balaban J connectivity index is 1.94. The summed E-state index contributed by atoms with van der Waals surface area (Å²) in [5, 5.41) is 11.1. The monoisotopic (exact) mass is 290 g/mol. The molecule has 1 unspecified atom stereocenters. The number of hydrogen-bond donors (Lipinski definition) is 2. The molecule has 1 aliphatic heterocycles. The third-order valence-corrected chi connectivity index (χ3v) is 4.96. The topological polar surface area (TPSA) is 66.6 Å². The maximum absolute atomic E-state index is 12.6. The van der Waals surface area contributed by atoms with Crippen LogP contribution in [0.25, 0.3) is 10.1 Å². The maximum atomic E-state index is 12.6. The van der Waals surface area contributed by atoms with Crippen molar-refractivity contribution in [2.24, 2.45) is 0 Å². The van der Waals surface area contributed by atoms with Crippen molar-refractivity contribution in [3.05, 3.63) is 29.1 Å². The Kier molecular flexibility index (Phi) is 3.18. The van der Waals surface area contributed by atoms with E-state index in [0.717, 1.165) is 22.9 Å². The molecular formula is C15H18N2O2S. The molecule has 106 valence electrons. The molecule has 2 aromatic rings. The van der Waals surface area contributed by atoms with Crippen molar-refractivity contribution in [1.29, 1.82) is 0 Å². The van der Waals surface area contributed by atoms with E-state index in [4.69, 9.17) is 5.73 Å². The highest BCUT2D eigenvalue weighted by Crippen LogP contribution is 2.35. The van der Waals surface area contributed by atoms with E-state index in [9.17, 15) is 9.90 Å². The van der Waals surface area contributed by atoms with E-state index in [-0.39, 0.29) is 5.91 Å². The fourth-order valence-electron chi connectivity index (χ4n) is 2.76. The van der Waals surface area contributed by atoms with Crippen LogP contribution in [0, 0.1) is 0 Å². The predicted octanol–water partition coefficient (Wildman–Crippen LogP) is 2.47. The smallest absolute Gasteiger partial charge is 0.266 e. The molecule has 1 aromatic heterocycles. The Bertz CT molecular complexity index is 663. The Morgan fingerprint density at radius 2 is 2.20 bits per heavy atom.